The molecule has 0 radical (unpaired) electrons. The quantitative estimate of drug-likeness (QED) is 0.368. The second kappa shape index (κ2) is 8.21. The van der Waals surface area contributed by atoms with Crippen LogP contribution in [-0.4, -0.2) is 39.3 Å². The topological polar surface area (TPSA) is 148 Å². The fourth-order valence-electron chi connectivity index (χ4n) is 2.80. The molecule has 0 bridgehead atoms. The molecule has 2 aromatic carbocycles. The van der Waals surface area contributed by atoms with Crippen LogP contribution in [0.15, 0.2) is 48.2 Å². The van der Waals surface area contributed by atoms with E-state index < -0.39 is 28.7 Å². The van der Waals surface area contributed by atoms with E-state index in [-0.39, 0.29) is 34.2 Å². The van der Waals surface area contributed by atoms with E-state index in [1.165, 1.54) is 36.5 Å². The molecule has 30 heavy (non-hydrogen) atoms. The van der Waals surface area contributed by atoms with E-state index in [4.69, 9.17) is 14.6 Å². The molecule has 1 aliphatic heterocycles. The molecular formula is C20H18N2O8. The number of anilines is 1. The second-order valence-electron chi connectivity index (χ2n) is 6.68. The number of hydrogen-bond donors (Lipinski definition) is 3. The fourth-order valence-corrected chi connectivity index (χ4v) is 2.80. The summed E-state index contributed by atoms with van der Waals surface area (Å²) in [6.45, 7) is 3.51. The largest absolute Gasteiger partial charge is 0.507 e. The Bertz CT molecular complexity index is 1060. The van der Waals surface area contributed by atoms with Gasteiger partial charge in [0.1, 0.15) is 17.1 Å². The Labute approximate surface area is 170 Å². The number of ether oxygens (including phenoxy) is 2. The summed E-state index contributed by atoms with van der Waals surface area (Å²) >= 11 is 0. The van der Waals surface area contributed by atoms with Crippen molar-refractivity contribution in [1.29, 1.82) is 0 Å². The first-order valence-corrected chi connectivity index (χ1v) is 8.85. The monoisotopic (exact) mass is 414 g/mol. The van der Waals surface area contributed by atoms with Gasteiger partial charge in [-0.15, -0.1) is 0 Å². The van der Waals surface area contributed by atoms with Crippen molar-refractivity contribution in [2.24, 2.45) is 0 Å². The summed E-state index contributed by atoms with van der Waals surface area (Å²) in [6.07, 6.45) is -0.0534. The van der Waals surface area contributed by atoms with Crippen LogP contribution in [0.4, 0.5) is 11.4 Å². The summed E-state index contributed by atoms with van der Waals surface area (Å²) in [6, 6.07) is 7.51. The summed E-state index contributed by atoms with van der Waals surface area (Å²) < 4.78 is 11.4. The maximum atomic E-state index is 13.0. The third kappa shape index (κ3) is 4.23. The van der Waals surface area contributed by atoms with Crippen molar-refractivity contribution < 1.29 is 34.2 Å². The highest BCUT2D eigenvalue weighted by atomic mass is 16.7. The number of carboxylic acid groups (broad SMARTS) is 1. The van der Waals surface area contributed by atoms with Crippen molar-refractivity contribution in [2.45, 2.75) is 26.2 Å². The first kappa shape index (κ1) is 20.8. The van der Waals surface area contributed by atoms with Gasteiger partial charge in [-0.1, -0.05) is 0 Å². The summed E-state index contributed by atoms with van der Waals surface area (Å²) in [5.41, 5.74) is -0.141. The van der Waals surface area contributed by atoms with Gasteiger partial charge in [-0.2, -0.15) is 0 Å². The van der Waals surface area contributed by atoms with Gasteiger partial charge >= 0.3 is 5.97 Å². The van der Waals surface area contributed by atoms with Crippen molar-refractivity contribution in [2.75, 3.05) is 5.32 Å². The van der Waals surface area contributed by atoms with Crippen molar-refractivity contribution in [3.8, 4) is 11.5 Å². The van der Waals surface area contributed by atoms with Crippen molar-refractivity contribution in [3.63, 3.8) is 0 Å². The number of benzene rings is 2. The van der Waals surface area contributed by atoms with Gasteiger partial charge < -0.3 is 25.0 Å². The average molecular weight is 414 g/mol. The summed E-state index contributed by atoms with van der Waals surface area (Å²) in [5.74, 6) is -2.09. The second-order valence-corrected chi connectivity index (χ2v) is 6.68. The number of non-ortho nitro benzene ring substituents is 1. The minimum absolute atomic E-state index is 0.0185. The molecule has 3 N–H and O–H groups in total. The predicted molar refractivity (Wildman–Crippen MR) is 105 cm³/mol. The number of nitro groups is 1. The normalized spacial score (nSPS) is 16.8. The van der Waals surface area contributed by atoms with Crippen molar-refractivity contribution >= 4 is 23.1 Å². The van der Waals surface area contributed by atoms with Gasteiger partial charge in [-0.25, -0.2) is 4.79 Å². The standard InChI is InChI=1S/C20H18N2O8/c1-10(2)29-20-15(9-21-11-3-5-13(19(25)26)16(23)7-11)18(24)14-8-12(22(27)28)4-6-17(14)30-20/h3-10,20-21,23H,1-2H3,(H,25,26)/b15-9+. The van der Waals surface area contributed by atoms with Crippen LogP contribution in [0.3, 0.4) is 0 Å². The maximum absolute atomic E-state index is 13.0. The molecule has 0 aliphatic carbocycles. The number of fused-ring (bicyclic) bond motifs is 1. The molecule has 0 amide bonds. The van der Waals surface area contributed by atoms with E-state index in [1.807, 2.05) is 0 Å². The maximum Gasteiger partial charge on any atom is 0.339 e. The summed E-state index contributed by atoms with van der Waals surface area (Å²) in [7, 11) is 0. The molecular weight excluding hydrogens is 396 g/mol. The summed E-state index contributed by atoms with van der Waals surface area (Å²) in [5, 5.41) is 32.6. The van der Waals surface area contributed by atoms with E-state index >= 15 is 0 Å². The Balaban J connectivity index is 1.96. The lowest BCUT2D eigenvalue weighted by Crippen LogP contribution is -2.35. The molecule has 0 aromatic heterocycles. The Morgan fingerprint density at radius 1 is 1.30 bits per heavy atom. The molecule has 0 saturated heterocycles. The molecule has 10 nitrogen and oxygen atoms in total. The first-order valence-electron chi connectivity index (χ1n) is 8.85. The lowest BCUT2D eigenvalue weighted by Gasteiger charge is -2.28. The zero-order valence-electron chi connectivity index (χ0n) is 16.0. The lowest BCUT2D eigenvalue weighted by atomic mass is 9.99. The highest BCUT2D eigenvalue weighted by molar-refractivity contribution is 6.12. The number of carbonyl (C=O) groups is 2. The number of nitro benzene ring substituents is 1. The van der Waals surface area contributed by atoms with E-state index in [0.717, 1.165) is 6.07 Å². The molecule has 0 saturated carbocycles. The molecule has 10 heteroatoms. The van der Waals surface area contributed by atoms with E-state index in [2.05, 4.69) is 5.32 Å². The fraction of sp³-hybridized carbons (Fsp3) is 0.200. The number of phenols is 1. The number of hydrogen-bond acceptors (Lipinski definition) is 8. The minimum atomic E-state index is -1.28. The van der Waals surface area contributed by atoms with Gasteiger partial charge in [-0.05, 0) is 32.0 Å². The van der Waals surface area contributed by atoms with Crippen LogP contribution in [0.1, 0.15) is 34.6 Å². The zero-order valence-corrected chi connectivity index (χ0v) is 16.0. The van der Waals surface area contributed by atoms with Gasteiger partial charge in [0.25, 0.3) is 5.69 Å². The lowest BCUT2D eigenvalue weighted by molar-refractivity contribution is -0.384. The Kier molecular flexibility index (Phi) is 5.70. The van der Waals surface area contributed by atoms with E-state index in [0.29, 0.717) is 5.69 Å². The molecule has 1 atom stereocenters. The van der Waals surface area contributed by atoms with Crippen LogP contribution in [-0.2, 0) is 4.74 Å². The van der Waals surface area contributed by atoms with Crippen LogP contribution in [0.2, 0.25) is 0 Å². The summed E-state index contributed by atoms with van der Waals surface area (Å²) in [4.78, 5) is 34.4. The molecule has 1 heterocycles. The number of aromatic hydroxyl groups is 1. The van der Waals surface area contributed by atoms with Gasteiger partial charge in [-0.3, -0.25) is 14.9 Å². The molecule has 2 aromatic rings. The number of carbonyl (C=O) groups excluding carboxylic acids is 1. The van der Waals surface area contributed by atoms with Gasteiger partial charge in [0.15, 0.2) is 0 Å². The molecule has 1 aliphatic rings. The number of aromatic carboxylic acids is 1. The molecule has 3 rings (SSSR count). The predicted octanol–water partition coefficient (Wildman–Crippen LogP) is 3.32. The van der Waals surface area contributed by atoms with Crippen molar-refractivity contribution in [1.82, 2.24) is 0 Å². The Morgan fingerprint density at radius 2 is 2.03 bits per heavy atom. The van der Waals surface area contributed by atoms with Crippen LogP contribution < -0.4 is 10.1 Å². The molecule has 0 fully saturated rings. The number of carboxylic acids is 1. The van der Waals surface area contributed by atoms with E-state index in [9.17, 15) is 24.8 Å². The number of Topliss-reactive ketones (excluding diaryl/α,β-unsaturated/α-hetero) is 1. The number of ketones is 1. The Morgan fingerprint density at radius 3 is 2.63 bits per heavy atom. The van der Waals surface area contributed by atoms with Crippen LogP contribution >= 0.6 is 0 Å². The average Bonchev–Trinajstić information content (AvgIpc) is 2.66. The molecule has 156 valence electrons. The van der Waals surface area contributed by atoms with Crippen LogP contribution in [0.25, 0.3) is 0 Å². The third-order valence-electron chi connectivity index (χ3n) is 4.19. The number of nitrogens with zero attached hydrogens (tertiary/aromatic N) is 1. The minimum Gasteiger partial charge on any atom is -0.507 e. The van der Waals surface area contributed by atoms with Crippen LogP contribution in [0.5, 0.6) is 11.5 Å². The third-order valence-corrected chi connectivity index (χ3v) is 4.19. The van der Waals surface area contributed by atoms with Gasteiger partial charge in [0, 0.05) is 30.1 Å². The van der Waals surface area contributed by atoms with Gasteiger partial charge in [0.2, 0.25) is 12.1 Å². The van der Waals surface area contributed by atoms with Crippen LogP contribution in [0, 0.1) is 10.1 Å². The molecule has 0 spiro atoms. The highest BCUT2D eigenvalue weighted by Crippen LogP contribution is 2.34. The smallest absolute Gasteiger partial charge is 0.339 e. The SMILES string of the molecule is CC(C)OC1Oc2ccc([N+](=O)[O-])cc2C(=O)/C1=C\Nc1ccc(C(=O)O)c(O)c1. The molecule has 1 unspecified atom stereocenters. The van der Waals surface area contributed by atoms with Crippen molar-refractivity contribution in [3.05, 3.63) is 69.4 Å². The van der Waals surface area contributed by atoms with Gasteiger partial charge in [0.05, 0.1) is 22.2 Å². The highest BCUT2D eigenvalue weighted by Gasteiger charge is 2.34. The number of nitrogens with one attached hydrogen (secondary N) is 1. The first-order chi connectivity index (χ1) is 14.2. The number of rotatable bonds is 6. The zero-order chi connectivity index (χ0) is 22.0. The van der Waals surface area contributed by atoms with E-state index in [1.54, 1.807) is 13.8 Å². The Hall–Kier alpha value is -3.92.